The monoisotopic (exact) mass is 251 g/mol. The van der Waals surface area contributed by atoms with Crippen LogP contribution >= 0.6 is 0 Å². The van der Waals surface area contributed by atoms with E-state index in [2.05, 4.69) is 4.98 Å². The number of hydrogen-bond donors (Lipinski definition) is 0. The van der Waals surface area contributed by atoms with Gasteiger partial charge in [0.15, 0.2) is 5.76 Å². The lowest BCUT2D eigenvalue weighted by atomic mass is 10.0. The van der Waals surface area contributed by atoms with Gasteiger partial charge < -0.3 is 4.42 Å². The average molecular weight is 251 g/mol. The molecule has 0 amide bonds. The van der Waals surface area contributed by atoms with E-state index in [1.165, 1.54) is 0 Å². The quantitative estimate of drug-likeness (QED) is 0.668. The van der Waals surface area contributed by atoms with Crippen molar-refractivity contribution in [2.45, 2.75) is 13.3 Å². The molecule has 0 aliphatic heterocycles. The van der Waals surface area contributed by atoms with Crippen LogP contribution in [0.5, 0.6) is 0 Å². The molecule has 3 aromatic rings. The van der Waals surface area contributed by atoms with Crippen LogP contribution in [0.3, 0.4) is 0 Å². The van der Waals surface area contributed by atoms with E-state index in [0.29, 0.717) is 11.3 Å². The first kappa shape index (κ1) is 11.7. The van der Waals surface area contributed by atoms with E-state index in [1.807, 2.05) is 37.3 Å². The van der Waals surface area contributed by atoms with E-state index in [-0.39, 0.29) is 5.78 Å². The van der Waals surface area contributed by atoms with Crippen molar-refractivity contribution < 1.29 is 9.21 Å². The molecule has 3 nitrogen and oxygen atoms in total. The average Bonchev–Trinajstić information content (AvgIpc) is 2.95. The van der Waals surface area contributed by atoms with Crippen molar-refractivity contribution in [1.82, 2.24) is 4.98 Å². The second kappa shape index (κ2) is 4.69. The van der Waals surface area contributed by atoms with Crippen LogP contribution in [0.25, 0.3) is 10.8 Å². The fraction of sp³-hybridized carbons (Fsp3) is 0.125. The van der Waals surface area contributed by atoms with Gasteiger partial charge in [0.1, 0.15) is 5.76 Å². The van der Waals surface area contributed by atoms with Crippen LogP contribution in [0.2, 0.25) is 0 Å². The summed E-state index contributed by atoms with van der Waals surface area (Å²) in [6.07, 6.45) is 4.13. The Balaban J connectivity index is 2.11. The van der Waals surface area contributed by atoms with E-state index in [4.69, 9.17) is 4.42 Å². The fourth-order valence-corrected chi connectivity index (χ4v) is 2.12. The van der Waals surface area contributed by atoms with Crippen molar-refractivity contribution in [3.63, 3.8) is 0 Å². The van der Waals surface area contributed by atoms with Crippen molar-refractivity contribution in [2.24, 2.45) is 0 Å². The van der Waals surface area contributed by atoms with Crippen molar-refractivity contribution in [3.8, 4) is 0 Å². The van der Waals surface area contributed by atoms with Crippen LogP contribution < -0.4 is 0 Å². The van der Waals surface area contributed by atoms with Gasteiger partial charge in [-0.05, 0) is 17.5 Å². The SMILES string of the molecule is CCc1ccc(C(=O)c2cncc3ccccc23)o1. The molecule has 0 fully saturated rings. The molecule has 0 N–H and O–H groups in total. The van der Waals surface area contributed by atoms with E-state index in [0.717, 1.165) is 23.0 Å². The van der Waals surface area contributed by atoms with E-state index >= 15 is 0 Å². The third kappa shape index (κ3) is 2.03. The number of carbonyl (C=O) groups excluding carboxylic acids is 1. The number of pyridine rings is 1. The normalized spacial score (nSPS) is 10.8. The number of aryl methyl sites for hydroxylation is 1. The van der Waals surface area contributed by atoms with E-state index in [1.54, 1.807) is 18.5 Å². The van der Waals surface area contributed by atoms with Gasteiger partial charge in [0, 0.05) is 24.2 Å². The summed E-state index contributed by atoms with van der Waals surface area (Å²) in [4.78, 5) is 16.6. The lowest BCUT2D eigenvalue weighted by molar-refractivity contribution is 0.101. The fourth-order valence-electron chi connectivity index (χ4n) is 2.12. The Morgan fingerprint density at radius 2 is 2.00 bits per heavy atom. The molecule has 1 aromatic carbocycles. The lowest BCUT2D eigenvalue weighted by Crippen LogP contribution is -2.01. The highest BCUT2D eigenvalue weighted by Crippen LogP contribution is 2.21. The van der Waals surface area contributed by atoms with Gasteiger partial charge in [-0.15, -0.1) is 0 Å². The molecule has 0 unspecified atom stereocenters. The highest BCUT2D eigenvalue weighted by molar-refractivity contribution is 6.14. The predicted octanol–water partition coefficient (Wildman–Crippen LogP) is 3.62. The van der Waals surface area contributed by atoms with Gasteiger partial charge in [0.05, 0.1) is 5.56 Å². The van der Waals surface area contributed by atoms with Gasteiger partial charge in [0.2, 0.25) is 5.78 Å². The van der Waals surface area contributed by atoms with E-state index in [9.17, 15) is 4.79 Å². The number of nitrogens with zero attached hydrogens (tertiary/aromatic N) is 1. The Labute approximate surface area is 110 Å². The topological polar surface area (TPSA) is 43.1 Å². The molecule has 0 saturated heterocycles. The molecule has 0 spiro atoms. The van der Waals surface area contributed by atoms with Gasteiger partial charge in [-0.3, -0.25) is 9.78 Å². The summed E-state index contributed by atoms with van der Waals surface area (Å²) in [5.74, 6) is 1.07. The van der Waals surface area contributed by atoms with Gasteiger partial charge in [-0.1, -0.05) is 31.2 Å². The summed E-state index contributed by atoms with van der Waals surface area (Å²) in [6.45, 7) is 1.99. The molecule has 3 rings (SSSR count). The van der Waals surface area contributed by atoms with E-state index < -0.39 is 0 Å². The second-order valence-corrected chi connectivity index (χ2v) is 4.36. The highest BCUT2D eigenvalue weighted by atomic mass is 16.3. The Morgan fingerprint density at radius 1 is 1.16 bits per heavy atom. The number of aromatic nitrogens is 1. The first-order chi connectivity index (χ1) is 9.29. The first-order valence-electron chi connectivity index (χ1n) is 6.25. The summed E-state index contributed by atoms with van der Waals surface area (Å²) in [7, 11) is 0. The first-order valence-corrected chi connectivity index (χ1v) is 6.25. The molecule has 3 heteroatoms. The predicted molar refractivity (Wildman–Crippen MR) is 73.3 cm³/mol. The van der Waals surface area contributed by atoms with Crippen LogP contribution in [-0.4, -0.2) is 10.8 Å². The molecule has 19 heavy (non-hydrogen) atoms. The van der Waals surface area contributed by atoms with Crippen molar-refractivity contribution >= 4 is 16.6 Å². The van der Waals surface area contributed by atoms with Crippen LogP contribution in [0, 0.1) is 0 Å². The largest absolute Gasteiger partial charge is 0.458 e. The molecule has 0 atom stereocenters. The van der Waals surface area contributed by atoms with Gasteiger partial charge in [-0.25, -0.2) is 0 Å². The van der Waals surface area contributed by atoms with Crippen LogP contribution in [0.1, 0.15) is 28.8 Å². The summed E-state index contributed by atoms with van der Waals surface area (Å²) in [6, 6.07) is 11.3. The Hall–Kier alpha value is -2.42. The molecule has 0 radical (unpaired) electrons. The molecule has 0 aliphatic rings. The number of ketones is 1. The minimum absolute atomic E-state index is 0.121. The number of rotatable bonds is 3. The summed E-state index contributed by atoms with van der Waals surface area (Å²) >= 11 is 0. The maximum Gasteiger partial charge on any atom is 0.230 e. The maximum atomic E-state index is 12.5. The lowest BCUT2D eigenvalue weighted by Gasteiger charge is -2.03. The van der Waals surface area contributed by atoms with Crippen LogP contribution in [-0.2, 0) is 6.42 Å². The Morgan fingerprint density at radius 3 is 2.79 bits per heavy atom. The third-order valence-electron chi connectivity index (χ3n) is 3.15. The van der Waals surface area contributed by atoms with Crippen LogP contribution in [0.15, 0.2) is 53.2 Å². The molecule has 2 aromatic heterocycles. The number of carbonyl (C=O) groups is 1. The van der Waals surface area contributed by atoms with Gasteiger partial charge in [0.25, 0.3) is 0 Å². The Kier molecular flexibility index (Phi) is 2.88. The molecule has 94 valence electrons. The second-order valence-electron chi connectivity index (χ2n) is 4.36. The minimum atomic E-state index is -0.121. The summed E-state index contributed by atoms with van der Waals surface area (Å²) in [5.41, 5.74) is 0.579. The van der Waals surface area contributed by atoms with Crippen molar-refractivity contribution in [3.05, 3.63) is 65.9 Å². The summed E-state index contributed by atoms with van der Waals surface area (Å²) in [5, 5.41) is 1.85. The maximum absolute atomic E-state index is 12.5. The standard InChI is InChI=1S/C16H13NO2/c1-2-12-7-8-15(19-12)16(18)14-10-17-9-11-5-3-4-6-13(11)14/h3-10H,2H2,1H3. The smallest absolute Gasteiger partial charge is 0.230 e. The molecule has 0 saturated carbocycles. The molecule has 2 heterocycles. The number of benzene rings is 1. The molecule has 0 aliphatic carbocycles. The Bertz CT molecular complexity index is 738. The third-order valence-corrected chi connectivity index (χ3v) is 3.15. The summed E-state index contributed by atoms with van der Waals surface area (Å²) < 4.78 is 5.52. The zero-order valence-electron chi connectivity index (χ0n) is 10.6. The molecular formula is C16H13NO2. The van der Waals surface area contributed by atoms with Crippen molar-refractivity contribution in [1.29, 1.82) is 0 Å². The van der Waals surface area contributed by atoms with Crippen molar-refractivity contribution in [2.75, 3.05) is 0 Å². The number of fused-ring (bicyclic) bond motifs is 1. The van der Waals surface area contributed by atoms with Gasteiger partial charge >= 0.3 is 0 Å². The zero-order chi connectivity index (χ0) is 13.2. The zero-order valence-corrected chi connectivity index (χ0v) is 10.6. The number of hydrogen-bond acceptors (Lipinski definition) is 3. The van der Waals surface area contributed by atoms with Gasteiger partial charge in [-0.2, -0.15) is 0 Å². The molecule has 0 bridgehead atoms. The molecular weight excluding hydrogens is 238 g/mol. The number of furan rings is 1. The minimum Gasteiger partial charge on any atom is -0.458 e. The highest BCUT2D eigenvalue weighted by Gasteiger charge is 2.16. The van der Waals surface area contributed by atoms with Crippen LogP contribution in [0.4, 0.5) is 0 Å².